The van der Waals surface area contributed by atoms with Crippen LogP contribution in [-0.4, -0.2) is 20.8 Å². The van der Waals surface area contributed by atoms with Crippen LogP contribution >= 0.6 is 0 Å². The highest BCUT2D eigenvalue weighted by atomic mass is 19.1. The van der Waals surface area contributed by atoms with Crippen molar-refractivity contribution in [2.45, 2.75) is 33.0 Å². The Balaban J connectivity index is 1.55. The first kappa shape index (κ1) is 15.4. The number of aryl methyl sites for hydroxylation is 1. The molecule has 0 bridgehead atoms. The van der Waals surface area contributed by atoms with Crippen molar-refractivity contribution in [1.82, 2.24) is 20.1 Å². The first-order chi connectivity index (χ1) is 11.1. The largest absolute Gasteiger partial charge is 0.439 e. The number of benzene rings is 1. The Labute approximate surface area is 134 Å². The zero-order chi connectivity index (χ0) is 16.2. The minimum Gasteiger partial charge on any atom is -0.439 e. The van der Waals surface area contributed by atoms with E-state index in [2.05, 4.69) is 22.3 Å². The topological polar surface area (TPSA) is 55.9 Å². The van der Waals surface area contributed by atoms with Crippen LogP contribution in [0.4, 0.5) is 4.39 Å². The molecule has 5 nitrogen and oxygen atoms in total. The maximum Gasteiger partial charge on any atom is 0.208 e. The maximum atomic E-state index is 12.9. The van der Waals surface area contributed by atoms with E-state index in [-0.39, 0.29) is 11.9 Å². The lowest BCUT2D eigenvalue weighted by atomic mass is 10.2. The van der Waals surface area contributed by atoms with Gasteiger partial charge in [0.25, 0.3) is 0 Å². The van der Waals surface area contributed by atoms with Crippen molar-refractivity contribution in [3.63, 3.8) is 0 Å². The molecule has 1 atom stereocenters. The van der Waals surface area contributed by atoms with E-state index >= 15 is 0 Å². The van der Waals surface area contributed by atoms with Gasteiger partial charge in [-0.3, -0.25) is 4.68 Å². The van der Waals surface area contributed by atoms with E-state index in [0.29, 0.717) is 18.2 Å². The SMILES string of the molecule is Cc1cnn(C[C@@H](C)NCc2ncc(-c3ccc(F)cc3)o2)c1. The van der Waals surface area contributed by atoms with Gasteiger partial charge in [0.2, 0.25) is 5.89 Å². The Morgan fingerprint density at radius 3 is 2.74 bits per heavy atom. The molecule has 0 saturated heterocycles. The number of oxazole rings is 1. The van der Waals surface area contributed by atoms with E-state index in [1.54, 1.807) is 18.3 Å². The number of hydrogen-bond donors (Lipinski definition) is 1. The molecular weight excluding hydrogens is 295 g/mol. The second kappa shape index (κ2) is 6.75. The van der Waals surface area contributed by atoms with Crippen molar-refractivity contribution in [2.24, 2.45) is 0 Å². The predicted octanol–water partition coefficient (Wildman–Crippen LogP) is 3.16. The van der Waals surface area contributed by atoms with Crippen LogP contribution < -0.4 is 5.32 Å². The highest BCUT2D eigenvalue weighted by Gasteiger charge is 2.09. The van der Waals surface area contributed by atoms with Gasteiger partial charge < -0.3 is 9.73 Å². The summed E-state index contributed by atoms with van der Waals surface area (Å²) in [6.07, 6.45) is 5.51. The number of hydrogen-bond acceptors (Lipinski definition) is 4. The van der Waals surface area contributed by atoms with Gasteiger partial charge in [-0.1, -0.05) is 0 Å². The van der Waals surface area contributed by atoms with Crippen LogP contribution in [0.3, 0.4) is 0 Å². The normalized spacial score (nSPS) is 12.5. The molecule has 2 heterocycles. The zero-order valence-electron chi connectivity index (χ0n) is 13.2. The molecule has 6 heteroatoms. The number of aromatic nitrogens is 3. The summed E-state index contributed by atoms with van der Waals surface area (Å²) in [5, 5.41) is 7.62. The van der Waals surface area contributed by atoms with E-state index in [1.807, 2.05) is 24.0 Å². The lowest BCUT2D eigenvalue weighted by Gasteiger charge is -2.12. The molecule has 0 aliphatic rings. The van der Waals surface area contributed by atoms with Gasteiger partial charge in [0.1, 0.15) is 5.82 Å². The molecule has 3 rings (SSSR count). The number of halogens is 1. The van der Waals surface area contributed by atoms with Gasteiger partial charge in [-0.2, -0.15) is 5.10 Å². The van der Waals surface area contributed by atoms with Gasteiger partial charge in [0.15, 0.2) is 5.76 Å². The van der Waals surface area contributed by atoms with E-state index < -0.39 is 0 Å². The van der Waals surface area contributed by atoms with Crippen molar-refractivity contribution < 1.29 is 8.81 Å². The summed E-state index contributed by atoms with van der Waals surface area (Å²) < 4.78 is 20.5. The van der Waals surface area contributed by atoms with Crippen molar-refractivity contribution >= 4 is 0 Å². The first-order valence-corrected chi connectivity index (χ1v) is 7.53. The third-order valence-electron chi connectivity index (χ3n) is 3.51. The molecule has 0 amide bonds. The van der Waals surface area contributed by atoms with Crippen molar-refractivity contribution in [3.8, 4) is 11.3 Å². The van der Waals surface area contributed by atoms with Crippen LogP contribution in [0.2, 0.25) is 0 Å². The fourth-order valence-corrected chi connectivity index (χ4v) is 2.31. The fraction of sp³-hybridized carbons (Fsp3) is 0.294. The lowest BCUT2D eigenvalue weighted by molar-refractivity contribution is 0.410. The summed E-state index contributed by atoms with van der Waals surface area (Å²) >= 11 is 0. The van der Waals surface area contributed by atoms with Crippen LogP contribution in [0.15, 0.2) is 47.3 Å². The molecule has 0 radical (unpaired) electrons. The smallest absolute Gasteiger partial charge is 0.208 e. The van der Waals surface area contributed by atoms with E-state index in [9.17, 15) is 4.39 Å². The molecule has 2 aromatic heterocycles. The standard InChI is InChI=1S/C17H19FN4O/c1-12-7-21-22(10-12)11-13(2)19-9-17-20-8-16(23-17)14-3-5-15(18)6-4-14/h3-8,10,13,19H,9,11H2,1-2H3/t13-/m1/s1. The van der Waals surface area contributed by atoms with Crippen molar-refractivity contribution in [3.05, 3.63) is 60.1 Å². The highest BCUT2D eigenvalue weighted by molar-refractivity contribution is 5.55. The monoisotopic (exact) mass is 314 g/mol. The summed E-state index contributed by atoms with van der Waals surface area (Å²) in [5.41, 5.74) is 1.96. The molecule has 120 valence electrons. The van der Waals surface area contributed by atoms with Gasteiger partial charge in [-0.25, -0.2) is 9.37 Å². The Morgan fingerprint density at radius 2 is 2.04 bits per heavy atom. The molecular formula is C17H19FN4O. The van der Waals surface area contributed by atoms with Crippen molar-refractivity contribution in [1.29, 1.82) is 0 Å². The summed E-state index contributed by atoms with van der Waals surface area (Å²) in [6, 6.07) is 6.40. The van der Waals surface area contributed by atoms with Crippen LogP contribution in [0.5, 0.6) is 0 Å². The fourth-order valence-electron chi connectivity index (χ4n) is 2.31. The lowest BCUT2D eigenvalue weighted by Crippen LogP contribution is -2.30. The van der Waals surface area contributed by atoms with Gasteiger partial charge in [0, 0.05) is 17.8 Å². The number of nitrogens with one attached hydrogen (secondary N) is 1. The van der Waals surface area contributed by atoms with Crippen molar-refractivity contribution in [2.75, 3.05) is 0 Å². The molecule has 0 saturated carbocycles. The molecule has 0 aliphatic heterocycles. The van der Waals surface area contributed by atoms with Gasteiger partial charge in [-0.05, 0) is 43.7 Å². The average molecular weight is 314 g/mol. The van der Waals surface area contributed by atoms with Crippen LogP contribution in [0.1, 0.15) is 18.4 Å². The summed E-state index contributed by atoms with van der Waals surface area (Å²) in [7, 11) is 0. The molecule has 0 spiro atoms. The molecule has 1 N–H and O–H groups in total. The minimum atomic E-state index is -0.266. The second-order valence-electron chi connectivity index (χ2n) is 5.65. The quantitative estimate of drug-likeness (QED) is 0.759. The van der Waals surface area contributed by atoms with E-state index in [4.69, 9.17) is 4.42 Å². The minimum absolute atomic E-state index is 0.232. The van der Waals surface area contributed by atoms with Gasteiger partial charge >= 0.3 is 0 Å². The molecule has 1 aromatic carbocycles. The highest BCUT2D eigenvalue weighted by Crippen LogP contribution is 2.20. The molecule has 0 aliphatic carbocycles. The third kappa shape index (κ3) is 4.04. The Bertz CT molecular complexity index is 763. The molecule has 0 unspecified atom stereocenters. The van der Waals surface area contributed by atoms with Crippen LogP contribution in [-0.2, 0) is 13.1 Å². The average Bonchev–Trinajstić information content (AvgIpc) is 3.15. The van der Waals surface area contributed by atoms with Gasteiger partial charge in [-0.15, -0.1) is 0 Å². The summed E-state index contributed by atoms with van der Waals surface area (Å²) in [5.74, 6) is 0.975. The van der Waals surface area contributed by atoms with E-state index in [1.165, 1.54) is 12.1 Å². The second-order valence-corrected chi connectivity index (χ2v) is 5.65. The third-order valence-corrected chi connectivity index (χ3v) is 3.51. The van der Waals surface area contributed by atoms with Crippen LogP contribution in [0.25, 0.3) is 11.3 Å². The first-order valence-electron chi connectivity index (χ1n) is 7.53. The summed E-state index contributed by atoms with van der Waals surface area (Å²) in [4.78, 5) is 4.25. The van der Waals surface area contributed by atoms with Crippen LogP contribution in [0, 0.1) is 12.7 Å². The molecule has 3 aromatic rings. The zero-order valence-corrected chi connectivity index (χ0v) is 13.2. The molecule has 0 fully saturated rings. The van der Waals surface area contributed by atoms with E-state index in [0.717, 1.165) is 17.7 Å². The van der Waals surface area contributed by atoms with Gasteiger partial charge in [0.05, 0.1) is 25.5 Å². The number of rotatable bonds is 6. The summed E-state index contributed by atoms with van der Waals surface area (Å²) in [6.45, 7) is 5.41. The Hall–Kier alpha value is -2.47. The maximum absolute atomic E-state index is 12.9. The Morgan fingerprint density at radius 1 is 1.26 bits per heavy atom. The number of nitrogens with zero attached hydrogens (tertiary/aromatic N) is 3. The predicted molar refractivity (Wildman–Crippen MR) is 85.2 cm³/mol. The Kier molecular flexibility index (Phi) is 4.52. The molecule has 23 heavy (non-hydrogen) atoms.